The number of carbonyl (C=O) groups is 2. The van der Waals surface area contributed by atoms with Gasteiger partial charge < -0.3 is 15.3 Å². The molecule has 0 aliphatic carbocycles. The second-order valence-electron chi connectivity index (χ2n) is 5.84. The lowest BCUT2D eigenvalue weighted by molar-refractivity contribution is -0.121. The average Bonchev–Trinajstić information content (AvgIpc) is 2.42. The molecule has 1 fully saturated rings. The Balaban J connectivity index is 1.98. The second kappa shape index (κ2) is 6.72. The zero-order chi connectivity index (χ0) is 15.4. The van der Waals surface area contributed by atoms with Gasteiger partial charge in [0, 0.05) is 12.6 Å². The van der Waals surface area contributed by atoms with Crippen molar-refractivity contribution in [3.8, 4) is 0 Å². The highest BCUT2D eigenvalue weighted by molar-refractivity contribution is 5.91. The Labute approximate surface area is 125 Å². The zero-order valence-electron chi connectivity index (χ0n) is 12.5. The Morgan fingerprint density at radius 3 is 2.76 bits per heavy atom. The molecule has 2 N–H and O–H groups in total. The Morgan fingerprint density at radius 2 is 2.10 bits per heavy atom. The van der Waals surface area contributed by atoms with E-state index in [1.165, 1.54) is 6.07 Å². The third kappa shape index (κ3) is 4.04. The van der Waals surface area contributed by atoms with Crippen molar-refractivity contribution in [2.45, 2.75) is 25.8 Å². The number of carboxylic acids is 1. The number of benzene rings is 1. The highest BCUT2D eigenvalue weighted by Gasteiger charge is 2.25. The molecule has 21 heavy (non-hydrogen) atoms. The molecule has 0 saturated carbocycles. The van der Waals surface area contributed by atoms with E-state index in [1.54, 1.807) is 18.2 Å². The molecule has 2 unspecified atom stereocenters. The standard InChI is InChI=1S/C16H22N2O3/c1-11-10-18(2)8-7-14(11)17-15(19)9-12-5-3-4-6-13(12)16(20)21/h3-6,11,14H,7-10H2,1-2H3,(H,17,19)(H,20,21). The van der Waals surface area contributed by atoms with Gasteiger partial charge in [0.2, 0.25) is 5.91 Å². The van der Waals surface area contributed by atoms with Gasteiger partial charge in [-0.25, -0.2) is 4.79 Å². The molecule has 1 aromatic rings. The first-order valence-electron chi connectivity index (χ1n) is 7.26. The Morgan fingerprint density at radius 1 is 1.38 bits per heavy atom. The SMILES string of the molecule is CC1CN(C)CCC1NC(=O)Cc1ccccc1C(=O)O. The predicted molar refractivity (Wildman–Crippen MR) is 80.3 cm³/mol. The summed E-state index contributed by atoms with van der Waals surface area (Å²) in [6.07, 6.45) is 1.05. The van der Waals surface area contributed by atoms with E-state index in [9.17, 15) is 9.59 Å². The van der Waals surface area contributed by atoms with Crippen LogP contribution < -0.4 is 5.32 Å². The van der Waals surface area contributed by atoms with Crippen LogP contribution in [-0.2, 0) is 11.2 Å². The molecule has 0 radical (unpaired) electrons. The van der Waals surface area contributed by atoms with Gasteiger partial charge in [0.15, 0.2) is 0 Å². The van der Waals surface area contributed by atoms with Gasteiger partial charge in [0.25, 0.3) is 0 Å². The van der Waals surface area contributed by atoms with Crippen LogP contribution in [0.3, 0.4) is 0 Å². The van der Waals surface area contributed by atoms with E-state index in [2.05, 4.69) is 24.2 Å². The number of rotatable bonds is 4. The first-order chi connectivity index (χ1) is 9.97. The lowest BCUT2D eigenvalue weighted by Gasteiger charge is -2.35. The molecule has 114 valence electrons. The van der Waals surface area contributed by atoms with E-state index < -0.39 is 5.97 Å². The van der Waals surface area contributed by atoms with Gasteiger partial charge in [-0.05, 0) is 37.6 Å². The van der Waals surface area contributed by atoms with E-state index in [0.717, 1.165) is 19.5 Å². The number of carbonyl (C=O) groups excluding carboxylic acids is 1. The molecule has 0 spiro atoms. The molecule has 0 aromatic heterocycles. The fourth-order valence-corrected chi connectivity index (χ4v) is 2.88. The predicted octanol–water partition coefficient (Wildman–Crippen LogP) is 1.38. The van der Waals surface area contributed by atoms with E-state index in [1.807, 2.05) is 0 Å². The maximum Gasteiger partial charge on any atom is 0.335 e. The van der Waals surface area contributed by atoms with Gasteiger partial charge in [-0.1, -0.05) is 25.1 Å². The molecule has 2 rings (SSSR count). The van der Waals surface area contributed by atoms with Crippen molar-refractivity contribution >= 4 is 11.9 Å². The zero-order valence-corrected chi connectivity index (χ0v) is 12.5. The van der Waals surface area contributed by atoms with Gasteiger partial charge in [0.05, 0.1) is 12.0 Å². The summed E-state index contributed by atoms with van der Waals surface area (Å²) in [6.45, 7) is 4.07. The summed E-state index contributed by atoms with van der Waals surface area (Å²) < 4.78 is 0. The summed E-state index contributed by atoms with van der Waals surface area (Å²) >= 11 is 0. The van der Waals surface area contributed by atoms with Crippen LogP contribution in [0.2, 0.25) is 0 Å². The van der Waals surface area contributed by atoms with Crippen LogP contribution >= 0.6 is 0 Å². The number of aromatic carboxylic acids is 1. The molecule has 1 saturated heterocycles. The monoisotopic (exact) mass is 290 g/mol. The second-order valence-corrected chi connectivity index (χ2v) is 5.84. The Hall–Kier alpha value is -1.88. The molecular weight excluding hydrogens is 268 g/mol. The smallest absolute Gasteiger partial charge is 0.335 e. The van der Waals surface area contributed by atoms with E-state index in [0.29, 0.717) is 11.5 Å². The third-order valence-electron chi connectivity index (χ3n) is 4.05. The maximum absolute atomic E-state index is 12.2. The topological polar surface area (TPSA) is 69.6 Å². The summed E-state index contributed by atoms with van der Waals surface area (Å²) in [7, 11) is 2.08. The Kier molecular flexibility index (Phi) is 4.96. The van der Waals surface area contributed by atoms with Crippen LogP contribution in [0.1, 0.15) is 29.3 Å². The quantitative estimate of drug-likeness (QED) is 0.879. The van der Waals surface area contributed by atoms with Crippen molar-refractivity contribution in [1.29, 1.82) is 0 Å². The third-order valence-corrected chi connectivity index (χ3v) is 4.05. The van der Waals surface area contributed by atoms with E-state index >= 15 is 0 Å². The van der Waals surface area contributed by atoms with Crippen LogP contribution in [0.25, 0.3) is 0 Å². The Bertz CT molecular complexity index is 530. The van der Waals surface area contributed by atoms with E-state index in [-0.39, 0.29) is 23.9 Å². The number of amides is 1. The average molecular weight is 290 g/mol. The summed E-state index contributed by atoms with van der Waals surface area (Å²) in [5, 5.41) is 12.2. The van der Waals surface area contributed by atoms with Crippen molar-refractivity contribution in [2.24, 2.45) is 5.92 Å². The first kappa shape index (κ1) is 15.5. The van der Waals surface area contributed by atoms with Crippen LogP contribution in [0.4, 0.5) is 0 Å². The highest BCUT2D eigenvalue weighted by atomic mass is 16.4. The van der Waals surface area contributed by atoms with Gasteiger partial charge in [0.1, 0.15) is 0 Å². The summed E-state index contributed by atoms with van der Waals surface area (Å²) in [4.78, 5) is 25.6. The molecular formula is C16H22N2O3. The van der Waals surface area contributed by atoms with Crippen molar-refractivity contribution in [3.05, 3.63) is 35.4 Å². The number of carboxylic acid groups (broad SMARTS) is 1. The fourth-order valence-electron chi connectivity index (χ4n) is 2.88. The minimum atomic E-state index is -0.994. The summed E-state index contributed by atoms with van der Waals surface area (Å²) in [5.41, 5.74) is 0.757. The molecule has 0 bridgehead atoms. The normalized spacial score (nSPS) is 22.8. The van der Waals surface area contributed by atoms with Crippen LogP contribution in [0.15, 0.2) is 24.3 Å². The number of nitrogens with one attached hydrogen (secondary N) is 1. The van der Waals surface area contributed by atoms with Gasteiger partial charge in [-0.2, -0.15) is 0 Å². The van der Waals surface area contributed by atoms with Crippen molar-refractivity contribution in [3.63, 3.8) is 0 Å². The molecule has 1 aliphatic rings. The minimum Gasteiger partial charge on any atom is -0.478 e. The maximum atomic E-state index is 12.2. The number of piperidine rings is 1. The molecule has 5 nitrogen and oxygen atoms in total. The van der Waals surface area contributed by atoms with Crippen molar-refractivity contribution in [1.82, 2.24) is 10.2 Å². The number of nitrogens with zero attached hydrogens (tertiary/aromatic N) is 1. The molecule has 1 amide bonds. The molecule has 1 heterocycles. The number of likely N-dealkylation sites (tertiary alicyclic amines) is 1. The number of hydrogen-bond donors (Lipinski definition) is 2. The molecule has 1 aliphatic heterocycles. The summed E-state index contributed by atoms with van der Waals surface area (Å²) in [6, 6.07) is 6.83. The van der Waals surface area contributed by atoms with Crippen LogP contribution in [-0.4, -0.2) is 48.1 Å². The fraction of sp³-hybridized carbons (Fsp3) is 0.500. The van der Waals surface area contributed by atoms with Gasteiger partial charge in [-0.15, -0.1) is 0 Å². The first-order valence-corrected chi connectivity index (χ1v) is 7.26. The van der Waals surface area contributed by atoms with Crippen molar-refractivity contribution in [2.75, 3.05) is 20.1 Å². The van der Waals surface area contributed by atoms with Gasteiger partial charge in [-0.3, -0.25) is 4.79 Å². The minimum absolute atomic E-state index is 0.106. The molecule has 5 heteroatoms. The lowest BCUT2D eigenvalue weighted by Crippen LogP contribution is -2.49. The van der Waals surface area contributed by atoms with Gasteiger partial charge >= 0.3 is 5.97 Å². The molecule has 2 atom stereocenters. The van der Waals surface area contributed by atoms with Crippen molar-refractivity contribution < 1.29 is 14.7 Å². The lowest BCUT2D eigenvalue weighted by atomic mass is 9.94. The largest absolute Gasteiger partial charge is 0.478 e. The van der Waals surface area contributed by atoms with E-state index in [4.69, 9.17) is 5.11 Å². The van der Waals surface area contributed by atoms with Crippen LogP contribution in [0, 0.1) is 5.92 Å². The number of hydrogen-bond acceptors (Lipinski definition) is 3. The highest BCUT2D eigenvalue weighted by Crippen LogP contribution is 2.16. The molecule has 1 aromatic carbocycles. The summed E-state index contributed by atoms with van der Waals surface area (Å²) in [5.74, 6) is -0.696. The van der Waals surface area contributed by atoms with Crippen LogP contribution in [0.5, 0.6) is 0 Å².